The molecule has 31 heavy (non-hydrogen) atoms. The highest BCUT2D eigenvalue weighted by molar-refractivity contribution is 6.04. The summed E-state index contributed by atoms with van der Waals surface area (Å²) in [5.74, 6) is 1.86. The Kier molecular flexibility index (Phi) is 5.84. The second-order valence-corrected chi connectivity index (χ2v) is 7.15. The summed E-state index contributed by atoms with van der Waals surface area (Å²) in [7, 11) is 0. The number of benzene rings is 2. The highest BCUT2D eigenvalue weighted by Crippen LogP contribution is 2.21. The van der Waals surface area contributed by atoms with Crippen molar-refractivity contribution >= 4 is 34.7 Å². The van der Waals surface area contributed by atoms with Crippen molar-refractivity contribution in [3.05, 3.63) is 95.9 Å². The molecule has 0 saturated heterocycles. The molecule has 4 aromatic rings. The molecule has 2 heterocycles. The van der Waals surface area contributed by atoms with Gasteiger partial charge in [0.1, 0.15) is 23.8 Å². The van der Waals surface area contributed by atoms with E-state index in [2.05, 4.69) is 30.9 Å². The van der Waals surface area contributed by atoms with Crippen LogP contribution in [0.4, 0.5) is 28.8 Å². The molecular weight excluding hydrogens is 388 g/mol. The fourth-order valence-corrected chi connectivity index (χ4v) is 2.92. The molecule has 4 rings (SSSR count). The molecule has 0 fully saturated rings. The molecule has 3 N–H and O–H groups in total. The number of hydrogen-bond acceptors (Lipinski definition) is 6. The van der Waals surface area contributed by atoms with Gasteiger partial charge in [0.25, 0.3) is 5.91 Å². The van der Waals surface area contributed by atoms with Crippen LogP contribution in [0.5, 0.6) is 0 Å². The standard InChI is InChI=1S/C24H22N6O/c1-16-3-5-18(6-4-16)24(31)29-20-9-7-19(8-10-20)28-22-14-23(27-15-26-22)30-21-13-17(2)11-12-25-21/h3-15H,1-2H3,(H,29,31)(H2,25,26,27,28,30). The summed E-state index contributed by atoms with van der Waals surface area (Å²) in [4.78, 5) is 25.1. The number of nitrogens with one attached hydrogen (secondary N) is 3. The van der Waals surface area contributed by atoms with E-state index >= 15 is 0 Å². The van der Waals surface area contributed by atoms with Gasteiger partial charge in [-0.15, -0.1) is 0 Å². The van der Waals surface area contributed by atoms with Crippen LogP contribution < -0.4 is 16.0 Å². The highest BCUT2D eigenvalue weighted by atomic mass is 16.1. The van der Waals surface area contributed by atoms with Crippen molar-refractivity contribution in [3.63, 3.8) is 0 Å². The van der Waals surface area contributed by atoms with Gasteiger partial charge in [0, 0.05) is 29.2 Å². The first-order valence-electron chi connectivity index (χ1n) is 9.82. The van der Waals surface area contributed by atoms with Gasteiger partial charge in [0.15, 0.2) is 0 Å². The molecule has 0 aliphatic heterocycles. The topological polar surface area (TPSA) is 91.8 Å². The van der Waals surface area contributed by atoms with Gasteiger partial charge in [-0.05, 0) is 67.9 Å². The maximum Gasteiger partial charge on any atom is 0.255 e. The number of carbonyl (C=O) groups is 1. The zero-order valence-corrected chi connectivity index (χ0v) is 17.3. The number of aromatic nitrogens is 3. The molecule has 7 heteroatoms. The molecule has 0 aliphatic carbocycles. The maximum absolute atomic E-state index is 12.4. The van der Waals surface area contributed by atoms with Gasteiger partial charge in [-0.3, -0.25) is 4.79 Å². The van der Waals surface area contributed by atoms with Gasteiger partial charge in [0.05, 0.1) is 0 Å². The molecule has 0 unspecified atom stereocenters. The van der Waals surface area contributed by atoms with Gasteiger partial charge in [-0.2, -0.15) is 0 Å². The quantitative estimate of drug-likeness (QED) is 0.403. The van der Waals surface area contributed by atoms with Gasteiger partial charge < -0.3 is 16.0 Å². The molecule has 0 bridgehead atoms. The maximum atomic E-state index is 12.4. The second-order valence-electron chi connectivity index (χ2n) is 7.15. The number of anilines is 5. The number of carbonyl (C=O) groups excluding carboxylic acids is 1. The second kappa shape index (κ2) is 9.04. The van der Waals surface area contributed by atoms with Crippen LogP contribution in [0.3, 0.4) is 0 Å². The lowest BCUT2D eigenvalue weighted by molar-refractivity contribution is 0.102. The van der Waals surface area contributed by atoms with E-state index in [1.165, 1.54) is 6.33 Å². The third kappa shape index (κ3) is 5.42. The van der Waals surface area contributed by atoms with Crippen LogP contribution in [0, 0.1) is 13.8 Å². The Morgan fingerprint density at radius 1 is 0.677 bits per heavy atom. The number of aryl methyl sites for hydroxylation is 2. The first-order chi connectivity index (χ1) is 15.0. The monoisotopic (exact) mass is 410 g/mol. The lowest BCUT2D eigenvalue weighted by atomic mass is 10.1. The van der Waals surface area contributed by atoms with Crippen molar-refractivity contribution in [2.75, 3.05) is 16.0 Å². The fraction of sp³-hybridized carbons (Fsp3) is 0.0833. The Hall–Kier alpha value is -4.26. The van der Waals surface area contributed by atoms with Crippen molar-refractivity contribution in [2.24, 2.45) is 0 Å². The van der Waals surface area contributed by atoms with Crippen LogP contribution in [0.15, 0.2) is 79.3 Å². The van der Waals surface area contributed by atoms with Gasteiger partial charge in [0.2, 0.25) is 0 Å². The van der Waals surface area contributed by atoms with Crippen LogP contribution in [-0.4, -0.2) is 20.9 Å². The molecule has 0 spiro atoms. The molecular formula is C24H22N6O. The third-order valence-electron chi connectivity index (χ3n) is 4.57. The summed E-state index contributed by atoms with van der Waals surface area (Å²) in [5, 5.41) is 9.31. The molecule has 0 saturated carbocycles. The van der Waals surface area contributed by atoms with E-state index in [1.807, 2.05) is 74.5 Å². The molecule has 0 atom stereocenters. The van der Waals surface area contributed by atoms with E-state index < -0.39 is 0 Å². The van der Waals surface area contributed by atoms with Crippen LogP contribution in [-0.2, 0) is 0 Å². The van der Waals surface area contributed by atoms with E-state index in [-0.39, 0.29) is 5.91 Å². The Labute approximate surface area is 180 Å². The highest BCUT2D eigenvalue weighted by Gasteiger charge is 2.06. The number of rotatable bonds is 6. The van der Waals surface area contributed by atoms with E-state index in [4.69, 9.17) is 0 Å². The summed E-state index contributed by atoms with van der Waals surface area (Å²) in [6, 6.07) is 20.6. The normalized spacial score (nSPS) is 10.4. The summed E-state index contributed by atoms with van der Waals surface area (Å²) in [6.07, 6.45) is 3.23. The van der Waals surface area contributed by atoms with Crippen LogP contribution in [0.1, 0.15) is 21.5 Å². The fourth-order valence-electron chi connectivity index (χ4n) is 2.92. The molecule has 1 amide bonds. The van der Waals surface area contributed by atoms with Crippen molar-refractivity contribution < 1.29 is 4.79 Å². The SMILES string of the molecule is Cc1ccc(C(=O)Nc2ccc(Nc3cc(Nc4cc(C)ccn4)ncn3)cc2)cc1. The predicted molar refractivity (Wildman–Crippen MR) is 123 cm³/mol. The summed E-state index contributed by atoms with van der Waals surface area (Å²) in [5.41, 5.74) is 4.40. The average Bonchev–Trinajstić information content (AvgIpc) is 2.76. The zero-order chi connectivity index (χ0) is 21.6. The van der Waals surface area contributed by atoms with Crippen LogP contribution in [0.25, 0.3) is 0 Å². The molecule has 2 aromatic carbocycles. The minimum Gasteiger partial charge on any atom is -0.340 e. The summed E-state index contributed by atoms with van der Waals surface area (Å²) >= 11 is 0. The molecule has 0 aliphatic rings. The van der Waals surface area contributed by atoms with Crippen LogP contribution in [0.2, 0.25) is 0 Å². The zero-order valence-electron chi connectivity index (χ0n) is 17.3. The lowest BCUT2D eigenvalue weighted by Crippen LogP contribution is -2.11. The van der Waals surface area contributed by atoms with E-state index in [1.54, 1.807) is 12.3 Å². The molecule has 7 nitrogen and oxygen atoms in total. The molecule has 2 aromatic heterocycles. The largest absolute Gasteiger partial charge is 0.340 e. The average molecular weight is 410 g/mol. The predicted octanol–water partition coefficient (Wildman–Crippen LogP) is 5.23. The van der Waals surface area contributed by atoms with Crippen molar-refractivity contribution in [1.82, 2.24) is 15.0 Å². The number of pyridine rings is 1. The Bertz CT molecular complexity index is 1190. The van der Waals surface area contributed by atoms with E-state index in [0.717, 1.165) is 22.6 Å². The van der Waals surface area contributed by atoms with Gasteiger partial charge >= 0.3 is 0 Å². The number of amides is 1. The Morgan fingerprint density at radius 3 is 2.03 bits per heavy atom. The minimum absolute atomic E-state index is 0.142. The summed E-state index contributed by atoms with van der Waals surface area (Å²) in [6.45, 7) is 4.00. The minimum atomic E-state index is -0.142. The lowest BCUT2D eigenvalue weighted by Gasteiger charge is -2.10. The van der Waals surface area contributed by atoms with Crippen molar-refractivity contribution in [3.8, 4) is 0 Å². The first kappa shape index (κ1) is 20.0. The molecule has 154 valence electrons. The first-order valence-corrected chi connectivity index (χ1v) is 9.82. The van der Waals surface area contributed by atoms with E-state index in [0.29, 0.717) is 22.9 Å². The van der Waals surface area contributed by atoms with Crippen molar-refractivity contribution in [2.45, 2.75) is 13.8 Å². The van der Waals surface area contributed by atoms with Crippen LogP contribution >= 0.6 is 0 Å². The Balaban J connectivity index is 1.39. The van der Waals surface area contributed by atoms with Gasteiger partial charge in [-0.25, -0.2) is 15.0 Å². The number of nitrogens with zero attached hydrogens (tertiary/aromatic N) is 3. The number of hydrogen-bond donors (Lipinski definition) is 3. The molecule has 0 radical (unpaired) electrons. The summed E-state index contributed by atoms with van der Waals surface area (Å²) < 4.78 is 0. The smallest absolute Gasteiger partial charge is 0.255 e. The van der Waals surface area contributed by atoms with Crippen molar-refractivity contribution in [1.29, 1.82) is 0 Å². The third-order valence-corrected chi connectivity index (χ3v) is 4.57. The van der Waals surface area contributed by atoms with E-state index in [9.17, 15) is 4.79 Å². The van der Waals surface area contributed by atoms with Gasteiger partial charge in [-0.1, -0.05) is 17.7 Å². The Morgan fingerprint density at radius 2 is 1.32 bits per heavy atom.